The lowest BCUT2D eigenvalue weighted by Gasteiger charge is -2.13. The van der Waals surface area contributed by atoms with Crippen molar-refractivity contribution in [1.29, 1.82) is 0 Å². The maximum absolute atomic E-state index is 12.6. The van der Waals surface area contributed by atoms with Crippen LogP contribution in [0.25, 0.3) is 11.2 Å². The molecule has 0 fully saturated rings. The van der Waals surface area contributed by atoms with Crippen LogP contribution in [-0.2, 0) is 30.2 Å². The van der Waals surface area contributed by atoms with Gasteiger partial charge in [0, 0.05) is 19.7 Å². The summed E-state index contributed by atoms with van der Waals surface area (Å²) in [6, 6.07) is 1.81. The first-order valence-corrected chi connectivity index (χ1v) is 9.41. The highest BCUT2D eigenvalue weighted by atomic mass is 16.5. The molecule has 0 saturated carbocycles. The van der Waals surface area contributed by atoms with E-state index in [4.69, 9.17) is 4.74 Å². The third-order valence-corrected chi connectivity index (χ3v) is 5.66. The highest BCUT2D eigenvalue weighted by Gasteiger charge is 2.19. The number of ether oxygens (including phenoxy) is 1. The molecule has 0 bridgehead atoms. The Morgan fingerprint density at radius 3 is 2.33 bits per heavy atom. The van der Waals surface area contributed by atoms with E-state index >= 15 is 0 Å². The molecule has 9 heteroatoms. The molecule has 0 radical (unpaired) electrons. The molecule has 2 aromatic heterocycles. The number of hydrogen-bond acceptors (Lipinski definition) is 6. The second-order valence-corrected chi connectivity index (χ2v) is 7.45. The maximum atomic E-state index is 12.6. The van der Waals surface area contributed by atoms with Gasteiger partial charge in [-0.05, 0) is 56.0 Å². The molecule has 0 aliphatic heterocycles. The first-order chi connectivity index (χ1) is 14.0. The molecule has 158 valence electrons. The summed E-state index contributed by atoms with van der Waals surface area (Å²) in [5, 5.41) is 0. The fraction of sp³-hybridized carbons (Fsp3) is 0.381. The van der Waals surface area contributed by atoms with Gasteiger partial charge in [0.15, 0.2) is 17.8 Å². The summed E-state index contributed by atoms with van der Waals surface area (Å²) in [6.45, 7) is 7.06. The van der Waals surface area contributed by atoms with Crippen LogP contribution in [0.5, 0.6) is 0 Å². The lowest BCUT2D eigenvalue weighted by Crippen LogP contribution is -2.37. The van der Waals surface area contributed by atoms with Gasteiger partial charge in [-0.15, -0.1) is 0 Å². The van der Waals surface area contributed by atoms with Crippen LogP contribution in [0.4, 0.5) is 0 Å². The Kier molecular flexibility index (Phi) is 5.47. The molecule has 0 aliphatic carbocycles. The highest BCUT2D eigenvalue weighted by molar-refractivity contribution is 5.99. The summed E-state index contributed by atoms with van der Waals surface area (Å²) < 4.78 is 8.64. The van der Waals surface area contributed by atoms with Crippen LogP contribution >= 0.6 is 0 Å². The molecule has 0 aliphatic rings. The maximum Gasteiger partial charge on any atom is 0.332 e. The monoisotopic (exact) mass is 412 g/mol. The van der Waals surface area contributed by atoms with Gasteiger partial charge in [-0.3, -0.25) is 23.5 Å². The number of esters is 1. The van der Waals surface area contributed by atoms with Gasteiger partial charge in [0.25, 0.3) is 5.56 Å². The second-order valence-electron chi connectivity index (χ2n) is 7.45. The number of ketones is 1. The van der Waals surface area contributed by atoms with Crippen LogP contribution in [0.15, 0.2) is 22.0 Å². The third-order valence-electron chi connectivity index (χ3n) is 5.66. The highest BCUT2D eigenvalue weighted by Crippen LogP contribution is 2.21. The number of Topliss-reactive ketones (excluding diaryl/α,β-unsaturated/α-hetero) is 1. The van der Waals surface area contributed by atoms with Gasteiger partial charge in [-0.1, -0.05) is 0 Å². The van der Waals surface area contributed by atoms with E-state index in [1.165, 1.54) is 29.6 Å². The van der Waals surface area contributed by atoms with E-state index in [9.17, 15) is 19.2 Å². The lowest BCUT2D eigenvalue weighted by atomic mass is 9.93. The quantitative estimate of drug-likeness (QED) is 0.459. The first-order valence-electron chi connectivity index (χ1n) is 9.41. The summed E-state index contributed by atoms with van der Waals surface area (Å²) in [5.74, 6) is -0.974. The molecular weight excluding hydrogens is 388 g/mol. The summed E-state index contributed by atoms with van der Waals surface area (Å²) in [5.41, 5.74) is 3.78. The van der Waals surface area contributed by atoms with E-state index in [0.29, 0.717) is 5.56 Å². The molecule has 3 rings (SSSR count). The minimum Gasteiger partial charge on any atom is -0.456 e. The first kappa shape index (κ1) is 21.2. The van der Waals surface area contributed by atoms with Crippen molar-refractivity contribution in [2.24, 2.45) is 14.1 Å². The Morgan fingerprint density at radius 1 is 1.00 bits per heavy atom. The second kappa shape index (κ2) is 7.74. The topological polar surface area (TPSA) is 105 Å². The van der Waals surface area contributed by atoms with Crippen molar-refractivity contribution in [3.63, 3.8) is 0 Å². The molecule has 0 saturated heterocycles. The molecule has 3 aromatic rings. The fourth-order valence-electron chi connectivity index (χ4n) is 3.43. The standard InChI is InChI=1S/C21H24N4O5/c1-11-7-15(14(4)13(3)12(11)2)16(26)9-30-17(27)8-25-10-22-19-18(25)20(28)24(6)21(29)23(19)5/h7,10H,8-9H2,1-6H3. The SMILES string of the molecule is Cc1cc(C(=O)COC(=O)Cn2cnc3c2c(=O)n(C)c(=O)n3C)c(C)c(C)c1C. The summed E-state index contributed by atoms with van der Waals surface area (Å²) in [4.78, 5) is 53.4. The van der Waals surface area contributed by atoms with Gasteiger partial charge in [-0.25, -0.2) is 9.78 Å². The van der Waals surface area contributed by atoms with Crippen molar-refractivity contribution >= 4 is 22.9 Å². The zero-order chi connectivity index (χ0) is 22.3. The van der Waals surface area contributed by atoms with Crippen molar-refractivity contribution < 1.29 is 14.3 Å². The summed E-state index contributed by atoms with van der Waals surface area (Å²) in [6.07, 6.45) is 1.30. The number of hydrogen-bond donors (Lipinski definition) is 0. The largest absolute Gasteiger partial charge is 0.456 e. The number of fused-ring (bicyclic) bond motifs is 1. The van der Waals surface area contributed by atoms with E-state index in [1.807, 2.05) is 27.7 Å². The van der Waals surface area contributed by atoms with Crippen LogP contribution in [0.1, 0.15) is 32.6 Å². The number of nitrogens with zero attached hydrogens (tertiary/aromatic N) is 4. The van der Waals surface area contributed by atoms with Crippen molar-refractivity contribution in [2.75, 3.05) is 6.61 Å². The molecule has 0 atom stereocenters. The van der Waals surface area contributed by atoms with Crippen LogP contribution in [0.3, 0.4) is 0 Å². The van der Waals surface area contributed by atoms with Gasteiger partial charge in [-0.2, -0.15) is 0 Å². The Balaban J connectivity index is 1.79. The normalized spacial score (nSPS) is 11.1. The molecule has 30 heavy (non-hydrogen) atoms. The van der Waals surface area contributed by atoms with E-state index < -0.39 is 23.8 Å². The Hall–Kier alpha value is -3.49. The molecule has 0 N–H and O–H groups in total. The average molecular weight is 412 g/mol. The number of rotatable bonds is 5. The number of aryl methyl sites for hydroxylation is 2. The van der Waals surface area contributed by atoms with E-state index in [0.717, 1.165) is 26.8 Å². The minimum absolute atomic E-state index is 0.114. The van der Waals surface area contributed by atoms with Crippen LogP contribution in [0, 0.1) is 27.7 Å². The Morgan fingerprint density at radius 2 is 1.67 bits per heavy atom. The van der Waals surface area contributed by atoms with Crippen LogP contribution in [-0.4, -0.2) is 37.0 Å². The van der Waals surface area contributed by atoms with E-state index in [-0.39, 0.29) is 23.5 Å². The van der Waals surface area contributed by atoms with Gasteiger partial charge < -0.3 is 9.30 Å². The van der Waals surface area contributed by atoms with E-state index in [1.54, 1.807) is 6.07 Å². The van der Waals surface area contributed by atoms with E-state index in [2.05, 4.69) is 4.98 Å². The zero-order valence-electron chi connectivity index (χ0n) is 17.9. The van der Waals surface area contributed by atoms with Crippen molar-refractivity contribution in [3.8, 4) is 0 Å². The van der Waals surface area contributed by atoms with Gasteiger partial charge >= 0.3 is 11.7 Å². The number of imidazole rings is 1. The van der Waals surface area contributed by atoms with Gasteiger partial charge in [0.05, 0.1) is 6.33 Å². The molecule has 0 amide bonds. The van der Waals surface area contributed by atoms with Gasteiger partial charge in [0.1, 0.15) is 6.54 Å². The smallest absolute Gasteiger partial charge is 0.332 e. The predicted octanol–water partition coefficient (Wildman–Crippen LogP) is 1.09. The molecule has 0 spiro atoms. The molecule has 9 nitrogen and oxygen atoms in total. The van der Waals surface area contributed by atoms with Gasteiger partial charge in [0.2, 0.25) is 5.78 Å². The molecule has 0 unspecified atom stereocenters. The third kappa shape index (κ3) is 3.47. The number of benzene rings is 1. The minimum atomic E-state index is -0.684. The van der Waals surface area contributed by atoms with Crippen molar-refractivity contribution in [3.05, 3.63) is 61.0 Å². The van der Waals surface area contributed by atoms with Crippen molar-refractivity contribution in [1.82, 2.24) is 18.7 Å². The Labute approximate surface area is 172 Å². The Bertz CT molecular complexity index is 1310. The molecule has 2 heterocycles. The lowest BCUT2D eigenvalue weighted by molar-refractivity contribution is -0.143. The number of carbonyl (C=O) groups excluding carboxylic acids is 2. The van der Waals surface area contributed by atoms with Crippen LogP contribution < -0.4 is 11.2 Å². The molecular formula is C21H24N4O5. The predicted molar refractivity (Wildman–Crippen MR) is 111 cm³/mol. The number of aromatic nitrogens is 4. The summed E-state index contributed by atoms with van der Waals surface area (Å²) in [7, 11) is 2.85. The van der Waals surface area contributed by atoms with Crippen molar-refractivity contribution in [2.45, 2.75) is 34.2 Å². The average Bonchev–Trinajstić information content (AvgIpc) is 3.13. The zero-order valence-corrected chi connectivity index (χ0v) is 17.9. The van der Waals surface area contributed by atoms with Crippen LogP contribution in [0.2, 0.25) is 0 Å². The summed E-state index contributed by atoms with van der Waals surface area (Å²) >= 11 is 0. The number of carbonyl (C=O) groups is 2. The molecule has 1 aromatic carbocycles. The fourth-order valence-corrected chi connectivity index (χ4v) is 3.43.